The van der Waals surface area contributed by atoms with Crippen LogP contribution in [0.1, 0.15) is 67.1 Å². The molecule has 0 bridgehead atoms. The molecule has 1 unspecified atom stereocenters. The van der Waals surface area contributed by atoms with Crippen LogP contribution in [0.15, 0.2) is 42.7 Å². The Balaban J connectivity index is 1.88. The number of aromatic nitrogens is 3. The van der Waals surface area contributed by atoms with Crippen molar-refractivity contribution in [2.75, 3.05) is 23.5 Å². The molecule has 44 heavy (non-hydrogen) atoms. The van der Waals surface area contributed by atoms with E-state index in [0.29, 0.717) is 23.4 Å². The van der Waals surface area contributed by atoms with E-state index in [9.17, 15) is 28.0 Å². The maximum absolute atomic E-state index is 13.8. The normalized spacial score (nSPS) is 16.1. The van der Waals surface area contributed by atoms with Crippen molar-refractivity contribution < 1.29 is 37.3 Å². The number of pyridine rings is 1. The first kappa shape index (κ1) is 32.0. The molecule has 0 aliphatic carbocycles. The number of benzene rings is 1. The Morgan fingerprint density at radius 1 is 1.16 bits per heavy atom. The average Bonchev–Trinajstić information content (AvgIpc) is 3.01. The second-order valence-electron chi connectivity index (χ2n) is 10.1. The van der Waals surface area contributed by atoms with Crippen LogP contribution >= 0.6 is 0 Å². The molecule has 14 heteroatoms. The van der Waals surface area contributed by atoms with Crippen LogP contribution in [0, 0.1) is 11.3 Å². The number of carboxylic acids is 1. The molecule has 3 heterocycles. The smallest absolute Gasteiger partial charge is 0.416 e. The summed E-state index contributed by atoms with van der Waals surface area (Å²) in [4.78, 5) is 40.9. The quantitative estimate of drug-likeness (QED) is 0.304. The third kappa shape index (κ3) is 7.16. The van der Waals surface area contributed by atoms with Gasteiger partial charge in [-0.2, -0.15) is 18.4 Å². The number of methoxy groups -OCH3 is 1. The predicted molar refractivity (Wildman–Crippen MR) is 152 cm³/mol. The van der Waals surface area contributed by atoms with Gasteiger partial charge in [-0.05, 0) is 61.6 Å². The number of carbonyl (C=O) groups excluding carboxylic acids is 1. The largest absolute Gasteiger partial charge is 0.481 e. The van der Waals surface area contributed by atoms with Gasteiger partial charge in [0, 0.05) is 37.5 Å². The lowest BCUT2D eigenvalue weighted by Crippen LogP contribution is -2.48. The number of carboxylic acid groups (broad SMARTS) is 1. The third-order valence-electron chi connectivity index (χ3n) is 7.21. The number of hydrogen-bond acceptors (Lipinski definition) is 9. The number of anilines is 2. The maximum Gasteiger partial charge on any atom is 0.416 e. The number of carbonyl (C=O) groups is 2. The van der Waals surface area contributed by atoms with E-state index in [4.69, 9.17) is 14.6 Å². The number of hydrogen-bond donors (Lipinski definition) is 1. The van der Waals surface area contributed by atoms with E-state index >= 15 is 0 Å². The average molecular weight is 613 g/mol. The Hall–Kier alpha value is -4.93. The summed E-state index contributed by atoms with van der Waals surface area (Å²) in [5.41, 5.74) is 0.444. The fourth-order valence-corrected chi connectivity index (χ4v) is 5.15. The lowest BCUT2D eigenvalue weighted by molar-refractivity contribution is -0.138. The van der Waals surface area contributed by atoms with Crippen molar-refractivity contribution in [3.63, 3.8) is 0 Å². The highest BCUT2D eigenvalue weighted by Crippen LogP contribution is 2.43. The van der Waals surface area contributed by atoms with Gasteiger partial charge in [-0.3, -0.25) is 9.69 Å². The molecule has 11 nitrogen and oxygen atoms in total. The molecule has 2 aromatic heterocycles. The van der Waals surface area contributed by atoms with Crippen molar-refractivity contribution in [1.82, 2.24) is 15.0 Å². The minimum absolute atomic E-state index is 0.130. The van der Waals surface area contributed by atoms with Crippen molar-refractivity contribution in [3.8, 4) is 11.9 Å². The van der Waals surface area contributed by atoms with Crippen molar-refractivity contribution >= 4 is 23.7 Å². The number of nitrogens with zero attached hydrogens (tertiary/aromatic N) is 6. The first-order chi connectivity index (χ1) is 21.0. The van der Waals surface area contributed by atoms with Gasteiger partial charge in [-0.15, -0.1) is 0 Å². The van der Waals surface area contributed by atoms with E-state index < -0.39 is 29.8 Å². The van der Waals surface area contributed by atoms with Crippen LogP contribution in [0.3, 0.4) is 0 Å². The second kappa shape index (κ2) is 13.6. The Morgan fingerprint density at radius 2 is 1.89 bits per heavy atom. The highest BCUT2D eigenvalue weighted by atomic mass is 19.4. The van der Waals surface area contributed by atoms with Crippen molar-refractivity contribution in [3.05, 3.63) is 70.7 Å². The van der Waals surface area contributed by atoms with Gasteiger partial charge in [0.15, 0.2) is 0 Å². The van der Waals surface area contributed by atoms with E-state index in [1.165, 1.54) is 30.5 Å². The van der Waals surface area contributed by atoms with Gasteiger partial charge in [0.2, 0.25) is 11.8 Å². The minimum Gasteiger partial charge on any atom is -0.481 e. The Labute approximate surface area is 251 Å². The summed E-state index contributed by atoms with van der Waals surface area (Å²) in [6.45, 7) is 3.60. The zero-order chi connectivity index (χ0) is 32.0. The molecule has 1 N–H and O–H groups in total. The zero-order valence-corrected chi connectivity index (χ0v) is 24.3. The summed E-state index contributed by atoms with van der Waals surface area (Å²) in [5.74, 6) is -0.590. The first-order valence-corrected chi connectivity index (χ1v) is 13.9. The van der Waals surface area contributed by atoms with Crippen LogP contribution in [-0.2, 0) is 28.7 Å². The van der Waals surface area contributed by atoms with Gasteiger partial charge in [-0.25, -0.2) is 19.7 Å². The molecule has 1 aromatic carbocycles. The Bertz CT molecular complexity index is 1540. The Morgan fingerprint density at radius 3 is 2.48 bits per heavy atom. The summed E-state index contributed by atoms with van der Waals surface area (Å²) in [7, 11) is 1.44. The summed E-state index contributed by atoms with van der Waals surface area (Å²) in [5, 5.41) is 18.5. The van der Waals surface area contributed by atoms with Gasteiger partial charge < -0.3 is 19.5 Å². The summed E-state index contributed by atoms with van der Waals surface area (Å²) < 4.78 is 52.0. The van der Waals surface area contributed by atoms with E-state index in [1.807, 2.05) is 6.92 Å². The number of alkyl halides is 3. The van der Waals surface area contributed by atoms with Crippen molar-refractivity contribution in [2.24, 2.45) is 0 Å². The lowest BCUT2D eigenvalue weighted by atomic mass is 9.92. The molecule has 0 radical (unpaired) electrons. The van der Waals surface area contributed by atoms with E-state index in [0.717, 1.165) is 12.1 Å². The standard InChI is InChI=1S/C30H31F3N6O5/c1-4-22-13-24(27-23(7-8-25(37-27)43-3)39(22)29(42)44-5-2)38(28-35-15-18(16-36-28)6-9-26(40)41)17-20-10-19(14-34)11-21(12-20)30(31,32)33/h7-8,10-12,15-16,22,24H,4-6,9,13,17H2,1-3H3,(H,40,41)/t22-,24?/m1/s1. The maximum atomic E-state index is 13.8. The molecule has 4 rings (SSSR count). The summed E-state index contributed by atoms with van der Waals surface area (Å²) in [6, 6.07) is 7.17. The van der Waals surface area contributed by atoms with Crippen LogP contribution in [0.5, 0.6) is 5.88 Å². The summed E-state index contributed by atoms with van der Waals surface area (Å²) >= 11 is 0. The summed E-state index contributed by atoms with van der Waals surface area (Å²) in [6.07, 6.45) is -1.45. The van der Waals surface area contributed by atoms with Gasteiger partial charge >= 0.3 is 18.2 Å². The molecule has 0 saturated heterocycles. The van der Waals surface area contributed by atoms with E-state index in [-0.39, 0.29) is 61.4 Å². The van der Waals surface area contributed by atoms with Crippen LogP contribution in [0.2, 0.25) is 0 Å². The van der Waals surface area contributed by atoms with Crippen molar-refractivity contribution in [2.45, 2.75) is 64.3 Å². The number of nitriles is 1. The number of fused-ring (bicyclic) bond motifs is 1. The van der Waals surface area contributed by atoms with Gasteiger partial charge in [0.05, 0.1) is 48.3 Å². The number of halogens is 3. The van der Waals surface area contributed by atoms with Gasteiger partial charge in [0.25, 0.3) is 0 Å². The molecule has 0 spiro atoms. The molecule has 3 aromatic rings. The van der Waals surface area contributed by atoms with E-state index in [2.05, 4.69) is 15.0 Å². The van der Waals surface area contributed by atoms with Crippen LogP contribution in [0.4, 0.5) is 29.6 Å². The molecule has 1 amide bonds. The minimum atomic E-state index is -4.69. The fraction of sp³-hybridized carbons (Fsp3) is 0.400. The molecule has 1 aliphatic rings. The molecule has 0 saturated carbocycles. The van der Waals surface area contributed by atoms with Gasteiger partial charge in [-0.1, -0.05) is 6.92 Å². The first-order valence-electron chi connectivity index (χ1n) is 13.9. The van der Waals surface area contributed by atoms with Crippen LogP contribution < -0.4 is 14.5 Å². The van der Waals surface area contributed by atoms with E-state index in [1.54, 1.807) is 30.0 Å². The van der Waals surface area contributed by atoms with Crippen LogP contribution in [-0.4, -0.2) is 51.9 Å². The number of ether oxygens (including phenoxy) is 2. The lowest BCUT2D eigenvalue weighted by Gasteiger charge is -2.43. The van der Waals surface area contributed by atoms with Crippen molar-refractivity contribution in [1.29, 1.82) is 5.26 Å². The highest BCUT2D eigenvalue weighted by molar-refractivity contribution is 5.90. The molecule has 2 atom stereocenters. The fourth-order valence-electron chi connectivity index (χ4n) is 5.15. The third-order valence-corrected chi connectivity index (χ3v) is 7.21. The number of rotatable bonds is 10. The molecule has 0 fully saturated rings. The molecular weight excluding hydrogens is 581 g/mol. The predicted octanol–water partition coefficient (Wildman–Crippen LogP) is 5.68. The second-order valence-corrected chi connectivity index (χ2v) is 10.1. The molecular formula is C30H31F3N6O5. The number of aryl methyl sites for hydroxylation is 1. The van der Waals surface area contributed by atoms with Gasteiger partial charge in [0.1, 0.15) is 0 Å². The molecule has 232 valence electrons. The number of amides is 1. The van der Waals surface area contributed by atoms with Crippen LogP contribution in [0.25, 0.3) is 0 Å². The SMILES string of the molecule is CCOC(=O)N1c2ccc(OC)nc2C(N(Cc2cc(C#N)cc(C(F)(F)F)c2)c2ncc(CCC(=O)O)cn2)C[C@H]1CC. The highest BCUT2D eigenvalue weighted by Gasteiger charge is 2.41. The molecule has 1 aliphatic heterocycles. The Kier molecular flexibility index (Phi) is 9.87. The number of aliphatic carboxylic acids is 1. The zero-order valence-electron chi connectivity index (χ0n) is 24.3. The topological polar surface area (TPSA) is 142 Å². The monoisotopic (exact) mass is 612 g/mol.